The summed E-state index contributed by atoms with van der Waals surface area (Å²) in [6.45, 7) is 10.7. The molecule has 3 rings (SSSR count). The van der Waals surface area contributed by atoms with Gasteiger partial charge in [-0.1, -0.05) is 47.5 Å². The Morgan fingerprint density at radius 2 is 1.68 bits per heavy atom. The van der Waals surface area contributed by atoms with Crippen LogP contribution in [0.5, 0.6) is 5.75 Å². The van der Waals surface area contributed by atoms with Crippen molar-refractivity contribution in [2.24, 2.45) is 0 Å². The third-order valence-corrected chi connectivity index (χ3v) is 4.95. The summed E-state index contributed by atoms with van der Waals surface area (Å²) >= 11 is 0. The van der Waals surface area contributed by atoms with Crippen LogP contribution in [0.25, 0.3) is 0 Å². The maximum Gasteiger partial charge on any atom is 0.122 e. The molecule has 1 aliphatic heterocycles. The fraction of sp³-hybridized carbons (Fsp3) is 0.455. The summed E-state index contributed by atoms with van der Waals surface area (Å²) in [6, 6.07) is 15.3. The molecule has 0 radical (unpaired) electrons. The molecule has 0 saturated carbocycles. The Morgan fingerprint density at radius 3 is 2.44 bits per heavy atom. The summed E-state index contributed by atoms with van der Waals surface area (Å²) in [5.41, 5.74) is 5.22. The van der Waals surface area contributed by atoms with Gasteiger partial charge >= 0.3 is 0 Å². The second-order valence-corrected chi connectivity index (χ2v) is 7.27. The zero-order valence-corrected chi connectivity index (χ0v) is 15.8. The average molecular weight is 338 g/mol. The van der Waals surface area contributed by atoms with Gasteiger partial charge in [0.15, 0.2) is 0 Å². The Balaban J connectivity index is 1.61. The van der Waals surface area contributed by atoms with Crippen LogP contribution < -0.4 is 4.74 Å². The molecule has 1 fully saturated rings. The summed E-state index contributed by atoms with van der Waals surface area (Å²) in [5.74, 6) is 1.03. The Morgan fingerprint density at radius 1 is 0.920 bits per heavy atom. The second kappa shape index (κ2) is 8.50. The van der Waals surface area contributed by atoms with Crippen molar-refractivity contribution >= 4 is 0 Å². The number of aryl methyl sites for hydroxylation is 2. The lowest BCUT2D eigenvalue weighted by Gasteiger charge is -2.32. The number of hydrogen-bond donors (Lipinski definition) is 0. The third kappa shape index (κ3) is 5.32. The predicted molar refractivity (Wildman–Crippen MR) is 105 cm³/mol. The number of nitrogens with zero attached hydrogens (tertiary/aromatic N) is 2. The van der Waals surface area contributed by atoms with Crippen LogP contribution in [0.4, 0.5) is 0 Å². The maximum absolute atomic E-state index is 6.17. The molecule has 0 spiro atoms. The maximum atomic E-state index is 6.17. The molecule has 25 heavy (non-hydrogen) atoms. The minimum atomic E-state index is 0.758. The fourth-order valence-electron chi connectivity index (χ4n) is 3.39. The van der Waals surface area contributed by atoms with Crippen LogP contribution in [0.3, 0.4) is 0 Å². The van der Waals surface area contributed by atoms with E-state index in [2.05, 4.69) is 73.2 Å². The standard InChI is InChI=1S/C22H30N2O/c1-18-5-4-6-20(15-18)17-21-16-19(2)7-8-22(21)25-14-13-24-11-9-23(3)10-12-24/h4-8,15-16H,9-14,17H2,1-3H3. The van der Waals surface area contributed by atoms with Crippen LogP contribution in [0.2, 0.25) is 0 Å². The second-order valence-electron chi connectivity index (χ2n) is 7.27. The molecule has 0 atom stereocenters. The van der Waals surface area contributed by atoms with Gasteiger partial charge in [0.2, 0.25) is 0 Å². The normalized spacial score (nSPS) is 16.1. The van der Waals surface area contributed by atoms with Crippen molar-refractivity contribution in [3.63, 3.8) is 0 Å². The van der Waals surface area contributed by atoms with Crippen molar-refractivity contribution in [2.45, 2.75) is 20.3 Å². The van der Waals surface area contributed by atoms with E-state index in [0.29, 0.717) is 0 Å². The SMILES string of the molecule is Cc1cccc(Cc2cc(C)ccc2OCCN2CCN(C)CC2)c1. The van der Waals surface area contributed by atoms with Gasteiger partial charge in [0, 0.05) is 39.1 Å². The molecule has 0 N–H and O–H groups in total. The Hall–Kier alpha value is -1.84. The minimum Gasteiger partial charge on any atom is -0.492 e. The quantitative estimate of drug-likeness (QED) is 0.801. The molecular weight excluding hydrogens is 308 g/mol. The molecule has 3 nitrogen and oxygen atoms in total. The lowest BCUT2D eigenvalue weighted by atomic mass is 10.0. The summed E-state index contributed by atoms with van der Waals surface area (Å²) in [7, 11) is 2.19. The van der Waals surface area contributed by atoms with Crippen molar-refractivity contribution in [1.29, 1.82) is 0 Å². The molecule has 0 aliphatic carbocycles. The van der Waals surface area contributed by atoms with Crippen LogP contribution in [-0.2, 0) is 6.42 Å². The highest BCUT2D eigenvalue weighted by atomic mass is 16.5. The zero-order chi connectivity index (χ0) is 17.6. The predicted octanol–water partition coefficient (Wildman–Crippen LogP) is 3.52. The van der Waals surface area contributed by atoms with E-state index in [4.69, 9.17) is 4.74 Å². The highest BCUT2D eigenvalue weighted by molar-refractivity contribution is 5.40. The van der Waals surface area contributed by atoms with E-state index < -0.39 is 0 Å². The van der Waals surface area contributed by atoms with E-state index in [9.17, 15) is 0 Å². The lowest BCUT2D eigenvalue weighted by Crippen LogP contribution is -2.45. The van der Waals surface area contributed by atoms with Crippen molar-refractivity contribution in [3.05, 3.63) is 64.7 Å². The number of rotatable bonds is 6. The largest absolute Gasteiger partial charge is 0.492 e. The first-order valence-corrected chi connectivity index (χ1v) is 9.29. The van der Waals surface area contributed by atoms with E-state index >= 15 is 0 Å². The number of ether oxygens (including phenoxy) is 1. The summed E-state index contributed by atoms with van der Waals surface area (Å²) < 4.78 is 6.17. The van der Waals surface area contributed by atoms with E-state index in [0.717, 1.165) is 51.5 Å². The van der Waals surface area contributed by atoms with E-state index in [-0.39, 0.29) is 0 Å². The van der Waals surface area contributed by atoms with Crippen LogP contribution in [0.1, 0.15) is 22.3 Å². The molecular formula is C22H30N2O. The van der Waals surface area contributed by atoms with Crippen LogP contribution >= 0.6 is 0 Å². The number of likely N-dealkylation sites (N-methyl/N-ethyl adjacent to an activating group) is 1. The van der Waals surface area contributed by atoms with Gasteiger partial charge in [0.25, 0.3) is 0 Å². The molecule has 1 heterocycles. The lowest BCUT2D eigenvalue weighted by molar-refractivity contribution is 0.133. The molecule has 2 aromatic rings. The highest BCUT2D eigenvalue weighted by Crippen LogP contribution is 2.23. The van der Waals surface area contributed by atoms with Gasteiger partial charge in [0.1, 0.15) is 12.4 Å². The van der Waals surface area contributed by atoms with Crippen molar-refractivity contribution < 1.29 is 4.74 Å². The van der Waals surface area contributed by atoms with Crippen LogP contribution in [0.15, 0.2) is 42.5 Å². The van der Waals surface area contributed by atoms with E-state index in [1.165, 1.54) is 22.3 Å². The van der Waals surface area contributed by atoms with Crippen LogP contribution in [-0.4, -0.2) is 56.2 Å². The average Bonchev–Trinajstić information content (AvgIpc) is 2.59. The Labute approximate surface area is 152 Å². The molecule has 0 amide bonds. The molecule has 0 bridgehead atoms. The van der Waals surface area contributed by atoms with E-state index in [1.807, 2.05) is 0 Å². The first-order chi connectivity index (χ1) is 12.1. The molecule has 1 saturated heterocycles. The molecule has 2 aromatic carbocycles. The van der Waals surface area contributed by atoms with Gasteiger partial charge in [0.05, 0.1) is 0 Å². The van der Waals surface area contributed by atoms with Crippen molar-refractivity contribution in [1.82, 2.24) is 9.80 Å². The summed E-state index contributed by atoms with van der Waals surface area (Å²) in [4.78, 5) is 4.88. The van der Waals surface area contributed by atoms with Gasteiger partial charge in [-0.25, -0.2) is 0 Å². The molecule has 3 heteroatoms. The fourth-order valence-corrected chi connectivity index (χ4v) is 3.39. The monoisotopic (exact) mass is 338 g/mol. The molecule has 134 valence electrons. The Kier molecular flexibility index (Phi) is 6.11. The minimum absolute atomic E-state index is 0.758. The van der Waals surface area contributed by atoms with Crippen LogP contribution in [0, 0.1) is 13.8 Å². The van der Waals surface area contributed by atoms with Crippen molar-refractivity contribution in [3.8, 4) is 5.75 Å². The molecule has 0 unspecified atom stereocenters. The van der Waals surface area contributed by atoms with Gasteiger partial charge < -0.3 is 9.64 Å². The number of piperazine rings is 1. The highest BCUT2D eigenvalue weighted by Gasteiger charge is 2.13. The summed E-state index contributed by atoms with van der Waals surface area (Å²) in [5, 5.41) is 0. The smallest absolute Gasteiger partial charge is 0.122 e. The number of hydrogen-bond acceptors (Lipinski definition) is 3. The van der Waals surface area contributed by atoms with Gasteiger partial charge in [-0.2, -0.15) is 0 Å². The van der Waals surface area contributed by atoms with Gasteiger partial charge in [-0.15, -0.1) is 0 Å². The first kappa shape index (κ1) is 18.0. The third-order valence-electron chi connectivity index (χ3n) is 4.95. The topological polar surface area (TPSA) is 15.7 Å². The first-order valence-electron chi connectivity index (χ1n) is 9.29. The van der Waals surface area contributed by atoms with E-state index in [1.54, 1.807) is 0 Å². The van der Waals surface area contributed by atoms with Gasteiger partial charge in [-0.05, 0) is 38.1 Å². The van der Waals surface area contributed by atoms with Gasteiger partial charge in [-0.3, -0.25) is 4.90 Å². The molecule has 0 aromatic heterocycles. The number of benzene rings is 2. The molecule has 1 aliphatic rings. The zero-order valence-electron chi connectivity index (χ0n) is 15.8. The summed E-state index contributed by atoms with van der Waals surface area (Å²) in [6.07, 6.45) is 0.924. The Bertz CT molecular complexity index is 690. The van der Waals surface area contributed by atoms with Crippen molar-refractivity contribution in [2.75, 3.05) is 46.4 Å².